The number of rotatable bonds is 4. The summed E-state index contributed by atoms with van der Waals surface area (Å²) in [5, 5.41) is 0. The lowest BCUT2D eigenvalue weighted by Gasteiger charge is -2.09. The number of hydrogen-bond donors (Lipinski definition) is 1. The molecule has 0 aliphatic rings. The van der Waals surface area contributed by atoms with Gasteiger partial charge in [0.25, 0.3) is 0 Å². The summed E-state index contributed by atoms with van der Waals surface area (Å²) in [7, 11) is 0. The first-order valence-electron chi connectivity index (χ1n) is 6.35. The third-order valence-electron chi connectivity index (χ3n) is 2.95. The summed E-state index contributed by atoms with van der Waals surface area (Å²) in [5.74, 6) is 0.730. The Morgan fingerprint density at radius 3 is 2.50 bits per heavy atom. The molecule has 2 N–H and O–H groups in total. The van der Waals surface area contributed by atoms with Gasteiger partial charge in [-0.3, -0.25) is 0 Å². The van der Waals surface area contributed by atoms with E-state index in [2.05, 4.69) is 42.0 Å². The lowest BCUT2D eigenvalue weighted by atomic mass is 10.1. The van der Waals surface area contributed by atoms with E-state index >= 15 is 0 Å². The van der Waals surface area contributed by atoms with Crippen LogP contribution < -0.4 is 5.73 Å². The van der Waals surface area contributed by atoms with Crippen LogP contribution in [-0.4, -0.2) is 9.97 Å². The second-order valence-electron chi connectivity index (χ2n) is 4.59. The molecule has 1 heterocycles. The molecule has 0 aliphatic carbocycles. The quantitative estimate of drug-likeness (QED) is 0.894. The van der Waals surface area contributed by atoms with Crippen LogP contribution in [0.15, 0.2) is 36.7 Å². The first-order chi connectivity index (χ1) is 8.70. The van der Waals surface area contributed by atoms with E-state index in [1.807, 2.05) is 18.5 Å². The van der Waals surface area contributed by atoms with Gasteiger partial charge in [-0.1, -0.05) is 43.2 Å². The van der Waals surface area contributed by atoms with E-state index < -0.39 is 0 Å². The Labute approximate surface area is 108 Å². The molecule has 1 unspecified atom stereocenters. The first-order valence-corrected chi connectivity index (χ1v) is 6.35. The van der Waals surface area contributed by atoms with E-state index in [4.69, 9.17) is 5.73 Å². The molecule has 0 aliphatic heterocycles. The van der Waals surface area contributed by atoms with Gasteiger partial charge < -0.3 is 5.73 Å². The molecule has 0 saturated heterocycles. The van der Waals surface area contributed by atoms with E-state index in [0.717, 1.165) is 29.8 Å². The highest BCUT2D eigenvalue weighted by molar-refractivity contribution is 5.62. The van der Waals surface area contributed by atoms with Crippen LogP contribution in [0, 0.1) is 6.92 Å². The van der Waals surface area contributed by atoms with Gasteiger partial charge in [0.15, 0.2) is 0 Å². The fourth-order valence-corrected chi connectivity index (χ4v) is 1.94. The molecule has 0 bridgehead atoms. The molecule has 2 aromatic rings. The molecule has 0 amide bonds. The third kappa shape index (κ3) is 2.93. The summed E-state index contributed by atoms with van der Waals surface area (Å²) in [5.41, 5.74) is 9.41. The van der Waals surface area contributed by atoms with Crippen molar-refractivity contribution in [3.05, 3.63) is 48.0 Å². The standard InChI is InChI=1S/C15H19N3/c1-3-5-14(16)15-17-9-13(10-18-15)12-7-4-6-11(2)8-12/h4,6-10,14H,3,5,16H2,1-2H3. The normalized spacial score (nSPS) is 12.4. The van der Waals surface area contributed by atoms with Gasteiger partial charge in [-0.05, 0) is 18.9 Å². The molecular weight excluding hydrogens is 222 g/mol. The lowest BCUT2D eigenvalue weighted by Crippen LogP contribution is -2.13. The monoisotopic (exact) mass is 241 g/mol. The van der Waals surface area contributed by atoms with Crippen LogP contribution in [-0.2, 0) is 0 Å². The van der Waals surface area contributed by atoms with Crippen molar-refractivity contribution in [2.24, 2.45) is 5.73 Å². The molecule has 18 heavy (non-hydrogen) atoms. The molecule has 0 radical (unpaired) electrons. The maximum atomic E-state index is 5.99. The third-order valence-corrected chi connectivity index (χ3v) is 2.95. The predicted molar refractivity (Wildman–Crippen MR) is 74.0 cm³/mol. The lowest BCUT2D eigenvalue weighted by molar-refractivity contribution is 0.602. The summed E-state index contributed by atoms with van der Waals surface area (Å²) in [4.78, 5) is 8.73. The summed E-state index contributed by atoms with van der Waals surface area (Å²) in [6.45, 7) is 4.19. The minimum absolute atomic E-state index is 0.0541. The van der Waals surface area contributed by atoms with Crippen molar-refractivity contribution in [2.75, 3.05) is 0 Å². The van der Waals surface area contributed by atoms with E-state index in [-0.39, 0.29) is 6.04 Å². The van der Waals surface area contributed by atoms with Crippen molar-refractivity contribution in [2.45, 2.75) is 32.7 Å². The van der Waals surface area contributed by atoms with Crippen LogP contribution in [0.3, 0.4) is 0 Å². The Hall–Kier alpha value is -1.74. The molecule has 94 valence electrons. The molecule has 0 fully saturated rings. The van der Waals surface area contributed by atoms with Gasteiger partial charge in [0.1, 0.15) is 5.82 Å². The number of nitrogens with two attached hydrogens (primary N) is 1. The molecule has 3 nitrogen and oxygen atoms in total. The van der Waals surface area contributed by atoms with Crippen molar-refractivity contribution < 1.29 is 0 Å². The smallest absolute Gasteiger partial charge is 0.144 e. The van der Waals surface area contributed by atoms with E-state index in [1.54, 1.807) is 0 Å². The number of hydrogen-bond acceptors (Lipinski definition) is 3. The largest absolute Gasteiger partial charge is 0.321 e. The van der Waals surface area contributed by atoms with Gasteiger partial charge in [0, 0.05) is 18.0 Å². The zero-order valence-electron chi connectivity index (χ0n) is 10.9. The van der Waals surface area contributed by atoms with E-state index in [9.17, 15) is 0 Å². The molecule has 0 saturated carbocycles. The Bertz CT molecular complexity index is 505. The zero-order chi connectivity index (χ0) is 13.0. The second-order valence-corrected chi connectivity index (χ2v) is 4.59. The van der Waals surface area contributed by atoms with Crippen LogP contribution in [0.2, 0.25) is 0 Å². The average Bonchev–Trinajstić information content (AvgIpc) is 2.39. The van der Waals surface area contributed by atoms with Crippen molar-refractivity contribution in [3.8, 4) is 11.1 Å². The van der Waals surface area contributed by atoms with E-state index in [0.29, 0.717) is 0 Å². The fraction of sp³-hybridized carbons (Fsp3) is 0.333. The van der Waals surface area contributed by atoms with Crippen molar-refractivity contribution in [1.29, 1.82) is 0 Å². The highest BCUT2D eigenvalue weighted by Crippen LogP contribution is 2.19. The number of benzene rings is 1. The minimum atomic E-state index is -0.0541. The summed E-state index contributed by atoms with van der Waals surface area (Å²) < 4.78 is 0. The summed E-state index contributed by atoms with van der Waals surface area (Å²) in [6, 6.07) is 8.26. The molecule has 3 heteroatoms. The molecule has 0 spiro atoms. The van der Waals surface area contributed by atoms with E-state index in [1.165, 1.54) is 5.56 Å². The maximum Gasteiger partial charge on any atom is 0.144 e. The Balaban J connectivity index is 2.22. The highest BCUT2D eigenvalue weighted by atomic mass is 14.9. The van der Waals surface area contributed by atoms with Crippen molar-refractivity contribution >= 4 is 0 Å². The molecular formula is C15H19N3. The van der Waals surface area contributed by atoms with Crippen LogP contribution in [0.5, 0.6) is 0 Å². The molecule has 1 atom stereocenters. The summed E-state index contributed by atoms with van der Waals surface area (Å²) in [6.07, 6.45) is 5.67. The van der Waals surface area contributed by atoms with Crippen molar-refractivity contribution in [3.63, 3.8) is 0 Å². The molecule has 2 rings (SSSR count). The maximum absolute atomic E-state index is 5.99. The average molecular weight is 241 g/mol. The summed E-state index contributed by atoms with van der Waals surface area (Å²) >= 11 is 0. The zero-order valence-corrected chi connectivity index (χ0v) is 10.9. The Morgan fingerprint density at radius 1 is 1.17 bits per heavy atom. The molecule has 1 aromatic heterocycles. The van der Waals surface area contributed by atoms with Crippen LogP contribution in [0.25, 0.3) is 11.1 Å². The van der Waals surface area contributed by atoms with Gasteiger partial charge in [0.2, 0.25) is 0 Å². The highest BCUT2D eigenvalue weighted by Gasteiger charge is 2.08. The van der Waals surface area contributed by atoms with Crippen LogP contribution >= 0.6 is 0 Å². The number of nitrogens with zero attached hydrogens (tertiary/aromatic N) is 2. The molecule has 1 aromatic carbocycles. The van der Waals surface area contributed by atoms with Gasteiger partial charge in [0.05, 0.1) is 6.04 Å². The van der Waals surface area contributed by atoms with Crippen molar-refractivity contribution in [1.82, 2.24) is 9.97 Å². The van der Waals surface area contributed by atoms with Gasteiger partial charge in [-0.2, -0.15) is 0 Å². The van der Waals surface area contributed by atoms with Gasteiger partial charge >= 0.3 is 0 Å². The topological polar surface area (TPSA) is 51.8 Å². The first kappa shape index (κ1) is 12.7. The minimum Gasteiger partial charge on any atom is -0.321 e. The van der Waals surface area contributed by atoms with Gasteiger partial charge in [-0.15, -0.1) is 0 Å². The fourth-order valence-electron chi connectivity index (χ4n) is 1.94. The van der Waals surface area contributed by atoms with Crippen LogP contribution in [0.1, 0.15) is 37.2 Å². The number of aryl methyl sites for hydroxylation is 1. The van der Waals surface area contributed by atoms with Crippen LogP contribution in [0.4, 0.5) is 0 Å². The number of aromatic nitrogens is 2. The van der Waals surface area contributed by atoms with Gasteiger partial charge in [-0.25, -0.2) is 9.97 Å². The second kappa shape index (κ2) is 5.74. The SMILES string of the molecule is CCCC(N)c1ncc(-c2cccc(C)c2)cn1. The Kier molecular flexibility index (Phi) is 4.05. The predicted octanol–water partition coefficient (Wildman–Crippen LogP) is 3.25. The Morgan fingerprint density at radius 2 is 1.89 bits per heavy atom.